The number of allylic oxidation sites excluding steroid dienone is 1. The number of nitriles is 1. The van der Waals surface area contributed by atoms with Crippen LogP contribution in [0.4, 0.5) is 10.1 Å². The molecule has 2 heterocycles. The van der Waals surface area contributed by atoms with Gasteiger partial charge in [0.1, 0.15) is 16.9 Å². The number of nitrogens with one attached hydrogen (secondary N) is 3. The van der Waals surface area contributed by atoms with Gasteiger partial charge in [0.15, 0.2) is 0 Å². The topological polar surface area (TPSA) is 122 Å². The summed E-state index contributed by atoms with van der Waals surface area (Å²) in [6.07, 6.45) is 7.35. The van der Waals surface area contributed by atoms with Gasteiger partial charge < -0.3 is 20.9 Å². The Labute approximate surface area is 215 Å². The van der Waals surface area contributed by atoms with Gasteiger partial charge in [0, 0.05) is 48.5 Å². The van der Waals surface area contributed by atoms with Crippen LogP contribution in [0.1, 0.15) is 59.4 Å². The second-order valence-corrected chi connectivity index (χ2v) is 10.1. The number of benzene rings is 1. The quantitative estimate of drug-likeness (QED) is 0.452. The first kappa shape index (κ1) is 24.6. The van der Waals surface area contributed by atoms with Gasteiger partial charge in [-0.1, -0.05) is 0 Å². The number of anilines is 1. The van der Waals surface area contributed by atoms with E-state index < -0.39 is 17.1 Å². The molecule has 190 valence electrons. The molecule has 2 aromatic rings. The highest BCUT2D eigenvalue weighted by Gasteiger charge is 2.56. The largest absolute Gasteiger partial charge is 0.388 e. The maximum atomic E-state index is 14.3. The van der Waals surface area contributed by atoms with Crippen LogP contribution < -0.4 is 15.5 Å². The summed E-state index contributed by atoms with van der Waals surface area (Å²) in [7, 11) is 0. The predicted octanol–water partition coefficient (Wildman–Crippen LogP) is 3.86. The summed E-state index contributed by atoms with van der Waals surface area (Å²) >= 11 is 0. The molecule has 9 heteroatoms. The van der Waals surface area contributed by atoms with Crippen molar-refractivity contribution in [3.8, 4) is 6.07 Å². The lowest BCUT2D eigenvalue weighted by Gasteiger charge is -2.21. The lowest BCUT2D eigenvalue weighted by Crippen LogP contribution is -2.35. The summed E-state index contributed by atoms with van der Waals surface area (Å²) in [5, 5.41) is 23.5. The van der Waals surface area contributed by atoms with Gasteiger partial charge in [-0.2, -0.15) is 5.26 Å². The van der Waals surface area contributed by atoms with E-state index in [4.69, 9.17) is 5.41 Å². The summed E-state index contributed by atoms with van der Waals surface area (Å²) in [5.41, 5.74) is 1.96. The SMILES string of the molecule is Cc1cc(N2CC[C@@](C#N)(C3CC3)C2=O)cc(C(=O)NCc2cc(F)cc(/C(C=N)=C/NC3CC3)c2)n1. The maximum absolute atomic E-state index is 14.3. The lowest BCUT2D eigenvalue weighted by molar-refractivity contribution is -0.123. The monoisotopic (exact) mass is 500 g/mol. The Bertz CT molecular complexity index is 1340. The number of pyridine rings is 1. The Morgan fingerprint density at radius 1 is 1.27 bits per heavy atom. The van der Waals surface area contributed by atoms with Crippen LogP contribution in [0.3, 0.4) is 0 Å². The average molecular weight is 501 g/mol. The van der Waals surface area contributed by atoms with E-state index in [9.17, 15) is 19.2 Å². The average Bonchev–Trinajstić information content (AvgIpc) is 3.81. The summed E-state index contributed by atoms with van der Waals surface area (Å²) < 4.78 is 14.3. The molecule has 2 aliphatic carbocycles. The molecule has 1 atom stereocenters. The molecule has 1 aromatic heterocycles. The minimum Gasteiger partial charge on any atom is -0.388 e. The van der Waals surface area contributed by atoms with Crippen molar-refractivity contribution < 1.29 is 14.0 Å². The minimum absolute atomic E-state index is 0.0672. The fourth-order valence-electron chi connectivity index (χ4n) is 4.91. The number of amides is 2. The summed E-state index contributed by atoms with van der Waals surface area (Å²) in [5.74, 6) is -0.993. The summed E-state index contributed by atoms with van der Waals surface area (Å²) in [6, 6.07) is 10.5. The fraction of sp³-hybridized carbons (Fsp3) is 0.393. The molecule has 8 nitrogen and oxygen atoms in total. The molecule has 0 radical (unpaired) electrons. The molecule has 37 heavy (non-hydrogen) atoms. The van der Waals surface area contributed by atoms with Crippen molar-refractivity contribution >= 4 is 29.3 Å². The van der Waals surface area contributed by atoms with Crippen LogP contribution in [0, 0.1) is 40.8 Å². The van der Waals surface area contributed by atoms with Crippen molar-refractivity contribution in [3.05, 3.63) is 64.9 Å². The lowest BCUT2D eigenvalue weighted by atomic mass is 9.83. The number of nitrogens with zero attached hydrogens (tertiary/aromatic N) is 3. The number of halogens is 1. The number of hydrogen-bond acceptors (Lipinski definition) is 6. The zero-order valence-corrected chi connectivity index (χ0v) is 20.7. The number of hydrogen-bond donors (Lipinski definition) is 3. The van der Waals surface area contributed by atoms with Crippen LogP contribution >= 0.6 is 0 Å². The Morgan fingerprint density at radius 2 is 2.05 bits per heavy atom. The van der Waals surface area contributed by atoms with Crippen LogP contribution in [0.15, 0.2) is 36.5 Å². The molecule has 1 saturated heterocycles. The molecule has 0 spiro atoms. The Morgan fingerprint density at radius 3 is 2.73 bits per heavy atom. The molecule has 3 N–H and O–H groups in total. The van der Waals surface area contributed by atoms with Gasteiger partial charge in [-0.3, -0.25) is 9.59 Å². The molecule has 1 aromatic carbocycles. The minimum atomic E-state index is -0.966. The van der Waals surface area contributed by atoms with E-state index in [1.54, 1.807) is 36.2 Å². The van der Waals surface area contributed by atoms with E-state index in [1.807, 2.05) is 0 Å². The van der Waals surface area contributed by atoms with E-state index in [2.05, 4.69) is 21.7 Å². The fourth-order valence-corrected chi connectivity index (χ4v) is 4.91. The smallest absolute Gasteiger partial charge is 0.270 e. The second kappa shape index (κ2) is 9.77. The van der Waals surface area contributed by atoms with Gasteiger partial charge in [0.2, 0.25) is 5.91 Å². The van der Waals surface area contributed by atoms with E-state index in [1.165, 1.54) is 18.3 Å². The molecule has 2 saturated carbocycles. The van der Waals surface area contributed by atoms with Crippen molar-refractivity contribution in [3.63, 3.8) is 0 Å². The van der Waals surface area contributed by atoms with Crippen molar-refractivity contribution in [2.24, 2.45) is 11.3 Å². The third kappa shape index (κ3) is 5.10. The zero-order valence-electron chi connectivity index (χ0n) is 20.7. The van der Waals surface area contributed by atoms with Gasteiger partial charge in [0.05, 0.1) is 6.07 Å². The number of aromatic nitrogens is 1. The first-order chi connectivity index (χ1) is 17.8. The Hall–Kier alpha value is -4.06. The molecule has 3 aliphatic rings. The molecule has 0 bridgehead atoms. The molecule has 2 amide bonds. The van der Waals surface area contributed by atoms with Crippen molar-refractivity contribution in [1.29, 1.82) is 10.7 Å². The van der Waals surface area contributed by atoms with Crippen LogP contribution in [0.5, 0.6) is 0 Å². The van der Waals surface area contributed by atoms with Crippen molar-refractivity contribution in [1.82, 2.24) is 15.6 Å². The molecule has 1 aliphatic heterocycles. The highest BCUT2D eigenvalue weighted by molar-refractivity contribution is 6.08. The van der Waals surface area contributed by atoms with Crippen LogP contribution in [0.2, 0.25) is 0 Å². The second-order valence-electron chi connectivity index (χ2n) is 10.1. The summed E-state index contributed by atoms with van der Waals surface area (Å²) in [4.78, 5) is 32.1. The summed E-state index contributed by atoms with van der Waals surface area (Å²) in [6.45, 7) is 2.24. The van der Waals surface area contributed by atoms with Gasteiger partial charge in [-0.15, -0.1) is 0 Å². The van der Waals surface area contributed by atoms with Crippen LogP contribution in [-0.4, -0.2) is 35.6 Å². The molecule has 0 unspecified atom stereocenters. The third-order valence-corrected chi connectivity index (χ3v) is 7.26. The van der Waals surface area contributed by atoms with E-state index >= 15 is 0 Å². The normalized spacial score (nSPS) is 21.5. The third-order valence-electron chi connectivity index (χ3n) is 7.26. The first-order valence-electron chi connectivity index (χ1n) is 12.6. The maximum Gasteiger partial charge on any atom is 0.270 e. The number of carbonyl (C=O) groups is 2. The first-order valence-corrected chi connectivity index (χ1v) is 12.6. The van der Waals surface area contributed by atoms with Gasteiger partial charge in [0.25, 0.3) is 5.91 Å². The van der Waals surface area contributed by atoms with Gasteiger partial charge >= 0.3 is 0 Å². The Kier molecular flexibility index (Phi) is 6.50. The molecule has 5 rings (SSSR count). The van der Waals surface area contributed by atoms with Gasteiger partial charge in [-0.25, -0.2) is 9.37 Å². The number of aryl methyl sites for hydroxylation is 1. The van der Waals surface area contributed by atoms with Crippen molar-refractivity contribution in [2.75, 3.05) is 11.4 Å². The van der Waals surface area contributed by atoms with E-state index in [0.29, 0.717) is 47.1 Å². The van der Waals surface area contributed by atoms with Crippen molar-refractivity contribution in [2.45, 2.75) is 51.6 Å². The van der Waals surface area contributed by atoms with E-state index in [0.717, 1.165) is 25.7 Å². The molecular formula is C28H29FN6O2. The standard InChI is InChI=1S/C28H29FN6O2/c1-17-8-24(35-7-6-28(16-31,27(35)37)21-2-3-21)12-25(34-17)26(36)33-14-18-9-19(11-22(29)10-18)20(13-30)15-32-23-4-5-23/h8-13,15,21,23,30,32H,2-7,14H2,1H3,(H,33,36)/b20-15+,30-13?/t28-/m1/s1. The predicted molar refractivity (Wildman–Crippen MR) is 137 cm³/mol. The molecular weight excluding hydrogens is 471 g/mol. The highest BCUT2D eigenvalue weighted by Crippen LogP contribution is 2.51. The highest BCUT2D eigenvalue weighted by atomic mass is 19.1. The number of rotatable bonds is 9. The van der Waals surface area contributed by atoms with E-state index in [-0.39, 0.29) is 24.1 Å². The Balaban J connectivity index is 1.30. The van der Waals surface area contributed by atoms with Gasteiger partial charge in [-0.05, 0) is 86.4 Å². The molecule has 3 fully saturated rings. The number of carbonyl (C=O) groups excluding carboxylic acids is 2. The van der Waals surface area contributed by atoms with Crippen LogP contribution in [0.25, 0.3) is 5.57 Å². The van der Waals surface area contributed by atoms with Crippen LogP contribution in [-0.2, 0) is 11.3 Å². The zero-order chi connectivity index (χ0) is 26.2.